The molecular formula is C23H21N3O. The Kier molecular flexibility index (Phi) is 4.79. The van der Waals surface area contributed by atoms with E-state index in [0.29, 0.717) is 17.6 Å². The maximum absolute atomic E-state index is 6.14. The van der Waals surface area contributed by atoms with Crippen molar-refractivity contribution in [3.8, 4) is 23.1 Å². The molecule has 4 nitrogen and oxygen atoms in total. The zero-order valence-electron chi connectivity index (χ0n) is 15.5. The zero-order chi connectivity index (χ0) is 18.6. The Labute approximate surface area is 158 Å². The van der Waals surface area contributed by atoms with Gasteiger partial charge >= 0.3 is 0 Å². The molecule has 0 bridgehead atoms. The summed E-state index contributed by atoms with van der Waals surface area (Å²) in [5.74, 6) is 2.39. The fourth-order valence-corrected chi connectivity index (χ4v) is 2.95. The second-order valence-electron chi connectivity index (χ2n) is 6.56. The Morgan fingerprint density at radius 2 is 1.67 bits per heavy atom. The summed E-state index contributed by atoms with van der Waals surface area (Å²) < 4.78 is 6.14. The third-order valence-electron chi connectivity index (χ3n) is 4.74. The van der Waals surface area contributed by atoms with Gasteiger partial charge in [0, 0.05) is 6.20 Å². The van der Waals surface area contributed by atoms with Gasteiger partial charge < -0.3 is 4.74 Å². The summed E-state index contributed by atoms with van der Waals surface area (Å²) in [5.41, 5.74) is 2.87. The van der Waals surface area contributed by atoms with Crippen molar-refractivity contribution in [1.82, 2.24) is 15.0 Å². The predicted molar refractivity (Wildman–Crippen MR) is 108 cm³/mol. The second kappa shape index (κ2) is 7.54. The quantitative estimate of drug-likeness (QED) is 0.441. The molecule has 4 rings (SSSR count). The molecule has 0 aliphatic rings. The molecule has 4 heteroatoms. The molecule has 0 fully saturated rings. The molecule has 0 unspecified atom stereocenters. The van der Waals surface area contributed by atoms with E-state index < -0.39 is 0 Å². The van der Waals surface area contributed by atoms with Crippen molar-refractivity contribution in [2.45, 2.75) is 26.2 Å². The summed E-state index contributed by atoms with van der Waals surface area (Å²) in [4.78, 5) is 13.7. The molecule has 0 saturated heterocycles. The number of fused-ring (bicyclic) bond motifs is 1. The Morgan fingerprint density at radius 3 is 2.41 bits per heavy atom. The van der Waals surface area contributed by atoms with Crippen LogP contribution < -0.4 is 4.74 Å². The minimum atomic E-state index is 0.537. The van der Waals surface area contributed by atoms with Crippen LogP contribution in [0, 0.1) is 0 Å². The van der Waals surface area contributed by atoms with Crippen molar-refractivity contribution in [2.75, 3.05) is 0 Å². The standard InChI is InChI=1S/C23H21N3O/c1-3-16(2)17-11-13-18(14-12-17)27-23-19-8-4-5-9-20(19)25-22(26-23)21-10-6-7-15-24-21/h4-16H,3H2,1-2H3/t16-/m1/s1. The second-order valence-corrected chi connectivity index (χ2v) is 6.56. The van der Waals surface area contributed by atoms with Gasteiger partial charge in [-0.25, -0.2) is 4.98 Å². The molecule has 1 atom stereocenters. The van der Waals surface area contributed by atoms with E-state index in [9.17, 15) is 0 Å². The molecule has 0 aliphatic heterocycles. The first-order valence-corrected chi connectivity index (χ1v) is 9.20. The number of rotatable bonds is 5. The van der Waals surface area contributed by atoms with Crippen molar-refractivity contribution in [2.24, 2.45) is 0 Å². The van der Waals surface area contributed by atoms with Crippen LogP contribution in [-0.4, -0.2) is 15.0 Å². The average Bonchev–Trinajstić information content (AvgIpc) is 2.74. The number of hydrogen-bond acceptors (Lipinski definition) is 4. The largest absolute Gasteiger partial charge is 0.438 e. The van der Waals surface area contributed by atoms with Crippen molar-refractivity contribution in [3.05, 3.63) is 78.5 Å². The maximum atomic E-state index is 6.14. The van der Waals surface area contributed by atoms with Gasteiger partial charge in [-0.05, 0) is 54.3 Å². The van der Waals surface area contributed by atoms with Gasteiger partial charge in [-0.3, -0.25) is 4.98 Å². The molecule has 4 aromatic rings. The van der Waals surface area contributed by atoms with E-state index in [0.717, 1.165) is 28.8 Å². The van der Waals surface area contributed by atoms with Gasteiger partial charge in [0.05, 0.1) is 10.9 Å². The highest BCUT2D eigenvalue weighted by molar-refractivity contribution is 5.85. The van der Waals surface area contributed by atoms with Gasteiger partial charge in [-0.1, -0.05) is 44.2 Å². The van der Waals surface area contributed by atoms with Crippen LogP contribution in [-0.2, 0) is 0 Å². The van der Waals surface area contributed by atoms with Crippen molar-refractivity contribution in [1.29, 1.82) is 0 Å². The normalized spacial score (nSPS) is 12.1. The lowest BCUT2D eigenvalue weighted by Gasteiger charge is -2.12. The molecule has 2 aromatic carbocycles. The number of nitrogens with zero attached hydrogens (tertiary/aromatic N) is 3. The summed E-state index contributed by atoms with van der Waals surface area (Å²) in [5, 5.41) is 0.878. The van der Waals surface area contributed by atoms with Gasteiger partial charge in [0.2, 0.25) is 5.88 Å². The van der Waals surface area contributed by atoms with Crippen molar-refractivity contribution < 1.29 is 4.74 Å². The van der Waals surface area contributed by atoms with Crippen molar-refractivity contribution in [3.63, 3.8) is 0 Å². The van der Waals surface area contributed by atoms with Gasteiger partial charge in [-0.2, -0.15) is 4.98 Å². The first-order chi connectivity index (χ1) is 13.2. The molecule has 0 N–H and O–H groups in total. The first-order valence-electron chi connectivity index (χ1n) is 9.20. The fourth-order valence-electron chi connectivity index (χ4n) is 2.95. The summed E-state index contributed by atoms with van der Waals surface area (Å²) in [7, 11) is 0. The predicted octanol–water partition coefficient (Wildman–Crippen LogP) is 6.00. The molecule has 2 heterocycles. The van der Waals surface area contributed by atoms with Crippen LogP contribution in [0.2, 0.25) is 0 Å². The topological polar surface area (TPSA) is 47.9 Å². The maximum Gasteiger partial charge on any atom is 0.230 e. The Balaban J connectivity index is 1.74. The lowest BCUT2D eigenvalue weighted by Crippen LogP contribution is -1.97. The van der Waals surface area contributed by atoms with E-state index in [1.165, 1.54) is 5.56 Å². The summed E-state index contributed by atoms with van der Waals surface area (Å²) in [6.45, 7) is 4.42. The smallest absolute Gasteiger partial charge is 0.230 e. The van der Waals surface area contributed by atoms with Crippen molar-refractivity contribution >= 4 is 10.9 Å². The van der Waals surface area contributed by atoms with E-state index in [1.54, 1.807) is 6.20 Å². The molecule has 0 saturated carbocycles. The van der Waals surface area contributed by atoms with E-state index in [-0.39, 0.29) is 0 Å². The van der Waals surface area contributed by atoms with E-state index in [2.05, 4.69) is 40.9 Å². The highest BCUT2D eigenvalue weighted by Gasteiger charge is 2.12. The summed E-state index contributed by atoms with van der Waals surface area (Å²) in [6, 6.07) is 21.8. The van der Waals surface area contributed by atoms with E-state index in [1.807, 2.05) is 54.6 Å². The number of hydrogen-bond donors (Lipinski definition) is 0. The van der Waals surface area contributed by atoms with Crippen LogP contribution in [0.3, 0.4) is 0 Å². The SMILES string of the molecule is CC[C@@H](C)c1ccc(Oc2nc(-c3ccccn3)nc3ccccc23)cc1. The third-order valence-corrected chi connectivity index (χ3v) is 4.74. The first kappa shape index (κ1) is 17.2. The molecule has 0 spiro atoms. The van der Waals surface area contributed by atoms with Crippen LogP contribution in [0.1, 0.15) is 31.7 Å². The number of ether oxygens (including phenoxy) is 1. The lowest BCUT2D eigenvalue weighted by molar-refractivity contribution is 0.468. The Hall–Kier alpha value is -3.27. The van der Waals surface area contributed by atoms with Gasteiger partial charge in [0.1, 0.15) is 11.4 Å². The highest BCUT2D eigenvalue weighted by Crippen LogP contribution is 2.30. The molecular weight excluding hydrogens is 334 g/mol. The monoisotopic (exact) mass is 355 g/mol. The van der Waals surface area contributed by atoms with Crippen LogP contribution in [0.25, 0.3) is 22.4 Å². The van der Waals surface area contributed by atoms with Gasteiger partial charge in [0.25, 0.3) is 0 Å². The molecule has 134 valence electrons. The van der Waals surface area contributed by atoms with Crippen LogP contribution in [0.15, 0.2) is 72.9 Å². The molecule has 2 aromatic heterocycles. The minimum absolute atomic E-state index is 0.537. The lowest BCUT2D eigenvalue weighted by atomic mass is 9.99. The number of benzene rings is 2. The molecule has 0 amide bonds. The molecule has 27 heavy (non-hydrogen) atoms. The Morgan fingerprint density at radius 1 is 0.889 bits per heavy atom. The average molecular weight is 355 g/mol. The van der Waals surface area contributed by atoms with Crippen LogP contribution in [0.4, 0.5) is 0 Å². The van der Waals surface area contributed by atoms with Gasteiger partial charge in [-0.15, -0.1) is 0 Å². The summed E-state index contributed by atoms with van der Waals surface area (Å²) in [6.07, 6.45) is 2.85. The van der Waals surface area contributed by atoms with E-state index >= 15 is 0 Å². The zero-order valence-corrected chi connectivity index (χ0v) is 15.5. The van der Waals surface area contributed by atoms with Gasteiger partial charge in [0.15, 0.2) is 5.82 Å². The minimum Gasteiger partial charge on any atom is -0.438 e. The highest BCUT2D eigenvalue weighted by atomic mass is 16.5. The third kappa shape index (κ3) is 3.65. The number of pyridine rings is 1. The molecule has 0 aliphatic carbocycles. The van der Waals surface area contributed by atoms with Crippen LogP contribution in [0.5, 0.6) is 11.6 Å². The fraction of sp³-hybridized carbons (Fsp3) is 0.174. The number of para-hydroxylation sites is 1. The number of aromatic nitrogens is 3. The van der Waals surface area contributed by atoms with E-state index in [4.69, 9.17) is 4.74 Å². The Bertz CT molecular complexity index is 1050. The molecule has 0 radical (unpaired) electrons. The van der Waals surface area contributed by atoms with Crippen LogP contribution >= 0.6 is 0 Å². The summed E-state index contributed by atoms with van der Waals surface area (Å²) >= 11 is 0.